The Morgan fingerprint density at radius 2 is 2.10 bits per heavy atom. The predicted molar refractivity (Wildman–Crippen MR) is 82.8 cm³/mol. The third-order valence-corrected chi connectivity index (χ3v) is 4.07. The van der Waals surface area contributed by atoms with E-state index in [1.165, 1.54) is 0 Å². The van der Waals surface area contributed by atoms with Crippen molar-refractivity contribution in [3.8, 4) is 0 Å². The number of hydrogen-bond donors (Lipinski definition) is 1. The number of rotatable bonds is 4. The Balaban J connectivity index is 2.15. The fourth-order valence-corrected chi connectivity index (χ4v) is 2.68. The summed E-state index contributed by atoms with van der Waals surface area (Å²) >= 11 is 0. The lowest BCUT2D eigenvalue weighted by Gasteiger charge is -2.37. The zero-order chi connectivity index (χ0) is 15.4. The Morgan fingerprint density at radius 1 is 1.43 bits per heavy atom. The van der Waals surface area contributed by atoms with Gasteiger partial charge in [0.15, 0.2) is 0 Å². The molecule has 1 aromatic rings. The lowest BCUT2D eigenvalue weighted by molar-refractivity contribution is -0.141. The molecular formula is C16H23N3O2. The summed E-state index contributed by atoms with van der Waals surface area (Å²) in [6.07, 6.45) is 1.60. The highest BCUT2D eigenvalue weighted by atomic mass is 16.2. The van der Waals surface area contributed by atoms with Crippen LogP contribution < -0.4 is 10.6 Å². The van der Waals surface area contributed by atoms with E-state index in [0.29, 0.717) is 19.5 Å². The first-order valence-corrected chi connectivity index (χ1v) is 7.39. The normalized spacial score (nSPS) is 20.2. The van der Waals surface area contributed by atoms with Crippen molar-refractivity contribution in [3.63, 3.8) is 0 Å². The minimum absolute atomic E-state index is 0.00692. The average Bonchev–Trinajstić information content (AvgIpc) is 2.53. The summed E-state index contributed by atoms with van der Waals surface area (Å²) < 4.78 is 0. The van der Waals surface area contributed by atoms with E-state index in [9.17, 15) is 9.59 Å². The van der Waals surface area contributed by atoms with E-state index in [0.717, 1.165) is 12.1 Å². The van der Waals surface area contributed by atoms with Gasteiger partial charge in [0.05, 0.1) is 0 Å². The Labute approximate surface area is 125 Å². The van der Waals surface area contributed by atoms with Gasteiger partial charge < -0.3 is 15.5 Å². The molecule has 1 heterocycles. The van der Waals surface area contributed by atoms with Crippen molar-refractivity contribution >= 4 is 17.5 Å². The number of hydrogen-bond acceptors (Lipinski definition) is 3. The fourth-order valence-electron chi connectivity index (χ4n) is 2.68. The van der Waals surface area contributed by atoms with Crippen LogP contribution in [0.2, 0.25) is 0 Å². The molecule has 0 aliphatic carbocycles. The smallest absolute Gasteiger partial charge is 0.249 e. The van der Waals surface area contributed by atoms with Crippen LogP contribution in [-0.2, 0) is 9.59 Å². The molecule has 1 saturated heterocycles. The summed E-state index contributed by atoms with van der Waals surface area (Å²) in [5, 5.41) is 0. The zero-order valence-corrected chi connectivity index (χ0v) is 12.7. The first kappa shape index (κ1) is 15.5. The molecule has 2 N–H and O–H groups in total. The highest BCUT2D eigenvalue weighted by molar-refractivity contribution is 6.00. The van der Waals surface area contributed by atoms with Gasteiger partial charge in [-0.15, -0.1) is 0 Å². The molecular weight excluding hydrogens is 266 g/mol. The number of likely N-dealkylation sites (N-methyl/N-ethyl adjacent to an activating group) is 1. The lowest BCUT2D eigenvalue weighted by Crippen LogP contribution is -2.54. The molecule has 2 rings (SSSR count). The Kier molecular flexibility index (Phi) is 4.96. The number of nitrogens with zero attached hydrogens (tertiary/aromatic N) is 2. The second-order valence-electron chi connectivity index (χ2n) is 5.57. The Bertz CT molecular complexity index is 504. The van der Waals surface area contributed by atoms with Crippen molar-refractivity contribution in [2.45, 2.75) is 25.8 Å². The lowest BCUT2D eigenvalue weighted by atomic mass is 10.0. The van der Waals surface area contributed by atoms with Gasteiger partial charge in [0.25, 0.3) is 0 Å². The molecule has 1 aliphatic heterocycles. The van der Waals surface area contributed by atoms with Crippen molar-refractivity contribution in [2.24, 2.45) is 11.7 Å². The van der Waals surface area contributed by atoms with Gasteiger partial charge in [0.2, 0.25) is 11.8 Å². The molecule has 1 fully saturated rings. The predicted octanol–water partition coefficient (Wildman–Crippen LogP) is 1.24. The standard InChI is InChI=1S/C16H23N3O2/c1-12(11-17)15(20)18(2)14-9-6-10-19(16(14)21)13-7-4-3-5-8-13/h3-5,7-8,12,14H,6,9-11,17H2,1-2H3. The largest absolute Gasteiger partial charge is 0.333 e. The number of amides is 2. The first-order chi connectivity index (χ1) is 10.1. The summed E-state index contributed by atoms with van der Waals surface area (Å²) in [6, 6.07) is 9.21. The van der Waals surface area contributed by atoms with Crippen LogP contribution in [0, 0.1) is 5.92 Å². The molecule has 1 aromatic carbocycles. The number of carbonyl (C=O) groups is 2. The zero-order valence-electron chi connectivity index (χ0n) is 12.7. The quantitative estimate of drug-likeness (QED) is 0.906. The summed E-state index contributed by atoms with van der Waals surface area (Å²) in [5.74, 6) is -0.326. The van der Waals surface area contributed by atoms with Crippen LogP contribution >= 0.6 is 0 Å². The number of benzene rings is 1. The van der Waals surface area contributed by atoms with Gasteiger partial charge in [-0.2, -0.15) is 0 Å². The molecule has 2 unspecified atom stereocenters. The molecule has 2 atom stereocenters. The third kappa shape index (κ3) is 3.24. The maximum absolute atomic E-state index is 12.7. The SMILES string of the molecule is CC(CN)C(=O)N(C)C1CCCN(c2ccccc2)C1=O. The van der Waals surface area contributed by atoms with Crippen LogP contribution in [0.3, 0.4) is 0 Å². The Morgan fingerprint density at radius 3 is 2.71 bits per heavy atom. The minimum Gasteiger partial charge on any atom is -0.333 e. The van der Waals surface area contributed by atoms with E-state index in [2.05, 4.69) is 0 Å². The van der Waals surface area contributed by atoms with Crippen LogP contribution in [0.15, 0.2) is 30.3 Å². The van der Waals surface area contributed by atoms with E-state index in [-0.39, 0.29) is 23.8 Å². The molecule has 0 aromatic heterocycles. The van der Waals surface area contributed by atoms with Crippen LogP contribution in [0.1, 0.15) is 19.8 Å². The monoisotopic (exact) mass is 289 g/mol. The minimum atomic E-state index is -0.388. The second kappa shape index (κ2) is 6.72. The van der Waals surface area contributed by atoms with Gasteiger partial charge >= 0.3 is 0 Å². The average molecular weight is 289 g/mol. The molecule has 5 nitrogen and oxygen atoms in total. The maximum atomic E-state index is 12.7. The number of anilines is 1. The molecule has 0 saturated carbocycles. The number of piperidine rings is 1. The summed E-state index contributed by atoms with van der Waals surface area (Å²) in [7, 11) is 1.70. The van der Waals surface area contributed by atoms with E-state index in [1.807, 2.05) is 30.3 Å². The molecule has 0 bridgehead atoms. The van der Waals surface area contributed by atoms with Gasteiger partial charge in [-0.1, -0.05) is 25.1 Å². The van der Waals surface area contributed by atoms with Gasteiger partial charge in [-0.3, -0.25) is 9.59 Å². The number of para-hydroxylation sites is 1. The van der Waals surface area contributed by atoms with Gasteiger partial charge in [-0.25, -0.2) is 0 Å². The summed E-state index contributed by atoms with van der Waals surface area (Å²) in [6.45, 7) is 2.79. The fraction of sp³-hybridized carbons (Fsp3) is 0.500. The second-order valence-corrected chi connectivity index (χ2v) is 5.57. The molecule has 114 valence electrons. The topological polar surface area (TPSA) is 66.6 Å². The van der Waals surface area contributed by atoms with Crippen molar-refractivity contribution in [3.05, 3.63) is 30.3 Å². The molecule has 2 amide bonds. The van der Waals surface area contributed by atoms with Crippen molar-refractivity contribution in [1.29, 1.82) is 0 Å². The molecule has 0 spiro atoms. The van der Waals surface area contributed by atoms with Crippen molar-refractivity contribution in [1.82, 2.24) is 4.90 Å². The van der Waals surface area contributed by atoms with Crippen LogP contribution in [0.4, 0.5) is 5.69 Å². The first-order valence-electron chi connectivity index (χ1n) is 7.39. The van der Waals surface area contributed by atoms with Crippen LogP contribution in [0.5, 0.6) is 0 Å². The van der Waals surface area contributed by atoms with Crippen LogP contribution in [0.25, 0.3) is 0 Å². The molecule has 21 heavy (non-hydrogen) atoms. The Hall–Kier alpha value is -1.88. The van der Waals surface area contributed by atoms with E-state index in [1.54, 1.807) is 23.8 Å². The van der Waals surface area contributed by atoms with Crippen molar-refractivity contribution < 1.29 is 9.59 Å². The van der Waals surface area contributed by atoms with Gasteiger partial charge in [0.1, 0.15) is 6.04 Å². The van der Waals surface area contributed by atoms with Gasteiger partial charge in [-0.05, 0) is 25.0 Å². The third-order valence-electron chi connectivity index (χ3n) is 4.07. The number of carbonyl (C=O) groups excluding carboxylic acids is 2. The van der Waals surface area contributed by atoms with Crippen LogP contribution in [-0.4, -0.2) is 42.9 Å². The highest BCUT2D eigenvalue weighted by Gasteiger charge is 2.35. The van der Waals surface area contributed by atoms with E-state index in [4.69, 9.17) is 5.73 Å². The van der Waals surface area contributed by atoms with E-state index < -0.39 is 0 Å². The number of nitrogens with two attached hydrogens (primary N) is 1. The molecule has 1 aliphatic rings. The van der Waals surface area contributed by atoms with E-state index >= 15 is 0 Å². The molecule has 0 radical (unpaired) electrons. The summed E-state index contributed by atoms with van der Waals surface area (Å²) in [4.78, 5) is 28.3. The molecule has 5 heteroatoms. The summed E-state index contributed by atoms with van der Waals surface area (Å²) in [5.41, 5.74) is 6.44. The van der Waals surface area contributed by atoms with Crippen molar-refractivity contribution in [2.75, 3.05) is 25.0 Å². The maximum Gasteiger partial charge on any atom is 0.249 e. The van der Waals surface area contributed by atoms with Gasteiger partial charge in [0, 0.05) is 31.7 Å². The highest BCUT2D eigenvalue weighted by Crippen LogP contribution is 2.23.